The van der Waals surface area contributed by atoms with Crippen molar-refractivity contribution >= 4 is 5.71 Å². The highest BCUT2D eigenvalue weighted by Crippen LogP contribution is 2.34. The molecule has 1 unspecified atom stereocenters. The largest absolute Gasteiger partial charge is 0.376 e. The van der Waals surface area contributed by atoms with Gasteiger partial charge in [-0.15, -0.1) is 0 Å². The van der Waals surface area contributed by atoms with Gasteiger partial charge in [-0.25, -0.2) is 0 Å². The fourth-order valence-corrected chi connectivity index (χ4v) is 2.57. The molecule has 2 heteroatoms. The quantitative estimate of drug-likeness (QED) is 0.693. The van der Waals surface area contributed by atoms with Crippen molar-refractivity contribution in [1.29, 1.82) is 5.41 Å². The third-order valence-electron chi connectivity index (χ3n) is 3.05. The summed E-state index contributed by atoms with van der Waals surface area (Å²) in [5.74, 6) is 0.510. The molecule has 0 aliphatic carbocycles. The zero-order valence-electron chi connectivity index (χ0n) is 10.6. The van der Waals surface area contributed by atoms with E-state index in [0.717, 1.165) is 25.2 Å². The van der Waals surface area contributed by atoms with E-state index in [9.17, 15) is 0 Å². The summed E-state index contributed by atoms with van der Waals surface area (Å²) in [6.45, 7) is 11.2. The maximum Gasteiger partial charge on any atom is 0.0632 e. The minimum absolute atomic E-state index is 0.0287. The summed E-state index contributed by atoms with van der Waals surface area (Å²) in [4.78, 5) is 0. The monoisotopic (exact) mass is 209 g/mol. The Morgan fingerprint density at radius 3 is 2.27 bits per heavy atom. The molecule has 2 nitrogen and oxygen atoms in total. The SMILES string of the molecule is CC(=N)C(=C(C)C)C1CCOC(C)(C)C1. The van der Waals surface area contributed by atoms with Crippen molar-refractivity contribution in [2.75, 3.05) is 6.61 Å². The van der Waals surface area contributed by atoms with E-state index >= 15 is 0 Å². The van der Waals surface area contributed by atoms with Crippen molar-refractivity contribution in [3.05, 3.63) is 11.1 Å². The van der Waals surface area contributed by atoms with Crippen LogP contribution < -0.4 is 0 Å². The van der Waals surface area contributed by atoms with Crippen LogP contribution in [0.25, 0.3) is 0 Å². The van der Waals surface area contributed by atoms with E-state index in [0.29, 0.717) is 5.92 Å². The van der Waals surface area contributed by atoms with Crippen molar-refractivity contribution in [1.82, 2.24) is 0 Å². The first-order chi connectivity index (χ1) is 6.83. The first kappa shape index (κ1) is 12.4. The Labute approximate surface area is 93.2 Å². The van der Waals surface area contributed by atoms with Crippen LogP contribution >= 0.6 is 0 Å². The van der Waals surface area contributed by atoms with Crippen molar-refractivity contribution in [3.63, 3.8) is 0 Å². The molecule has 0 spiro atoms. The van der Waals surface area contributed by atoms with Crippen molar-refractivity contribution in [3.8, 4) is 0 Å². The predicted molar refractivity (Wildman–Crippen MR) is 64.5 cm³/mol. The van der Waals surface area contributed by atoms with E-state index in [2.05, 4.69) is 27.7 Å². The van der Waals surface area contributed by atoms with Crippen molar-refractivity contribution in [2.45, 2.75) is 53.1 Å². The summed E-state index contributed by atoms with van der Waals surface area (Å²) in [5.41, 5.74) is 3.22. The smallest absolute Gasteiger partial charge is 0.0632 e. The molecule has 0 aromatic carbocycles. The summed E-state index contributed by atoms with van der Waals surface area (Å²) >= 11 is 0. The summed E-state index contributed by atoms with van der Waals surface area (Å²) in [7, 11) is 0. The molecule has 1 atom stereocenters. The first-order valence-electron chi connectivity index (χ1n) is 5.70. The van der Waals surface area contributed by atoms with E-state index < -0.39 is 0 Å². The van der Waals surface area contributed by atoms with Crippen LogP contribution in [-0.2, 0) is 4.74 Å². The Balaban J connectivity index is 2.87. The number of hydrogen-bond donors (Lipinski definition) is 1. The van der Waals surface area contributed by atoms with Gasteiger partial charge >= 0.3 is 0 Å². The van der Waals surface area contributed by atoms with Crippen LogP contribution in [0.4, 0.5) is 0 Å². The van der Waals surface area contributed by atoms with Gasteiger partial charge < -0.3 is 10.1 Å². The van der Waals surface area contributed by atoms with Crippen LogP contribution in [0.2, 0.25) is 0 Å². The Kier molecular flexibility index (Phi) is 3.72. The molecule has 0 bridgehead atoms. The van der Waals surface area contributed by atoms with Crippen LogP contribution in [-0.4, -0.2) is 17.9 Å². The van der Waals surface area contributed by atoms with E-state index in [1.165, 1.54) is 11.1 Å². The van der Waals surface area contributed by atoms with Crippen LogP contribution in [0, 0.1) is 11.3 Å². The fourth-order valence-electron chi connectivity index (χ4n) is 2.57. The van der Waals surface area contributed by atoms with Crippen LogP contribution in [0.1, 0.15) is 47.5 Å². The number of allylic oxidation sites excluding steroid dienone is 2. The second-order valence-electron chi connectivity index (χ2n) is 5.34. The van der Waals surface area contributed by atoms with Gasteiger partial charge in [-0.2, -0.15) is 0 Å². The molecule has 1 heterocycles. The molecule has 15 heavy (non-hydrogen) atoms. The average Bonchev–Trinajstić information content (AvgIpc) is 1.99. The third-order valence-corrected chi connectivity index (χ3v) is 3.05. The van der Waals surface area contributed by atoms with Gasteiger partial charge in [0.05, 0.1) is 5.60 Å². The topological polar surface area (TPSA) is 33.1 Å². The summed E-state index contributed by atoms with van der Waals surface area (Å²) < 4.78 is 5.71. The Bertz CT molecular complexity index is 285. The molecular formula is C13H23NO. The summed E-state index contributed by atoms with van der Waals surface area (Å²) in [6, 6.07) is 0. The average molecular weight is 209 g/mol. The number of hydrogen-bond acceptors (Lipinski definition) is 2. The zero-order valence-corrected chi connectivity index (χ0v) is 10.6. The summed E-state index contributed by atoms with van der Waals surface area (Å²) in [5, 5.41) is 7.85. The summed E-state index contributed by atoms with van der Waals surface area (Å²) in [6.07, 6.45) is 2.09. The Morgan fingerprint density at radius 1 is 1.27 bits per heavy atom. The van der Waals surface area contributed by atoms with E-state index in [-0.39, 0.29) is 5.60 Å². The molecule has 1 saturated heterocycles. The van der Waals surface area contributed by atoms with Gasteiger partial charge in [-0.05, 0) is 59.0 Å². The Morgan fingerprint density at radius 2 is 1.87 bits per heavy atom. The molecule has 0 amide bonds. The highest BCUT2D eigenvalue weighted by Gasteiger charge is 2.31. The first-order valence-corrected chi connectivity index (χ1v) is 5.70. The zero-order chi connectivity index (χ0) is 11.6. The maximum atomic E-state index is 7.85. The Hall–Kier alpha value is -0.630. The second kappa shape index (κ2) is 4.48. The standard InChI is InChI=1S/C13H23NO/c1-9(2)12(10(3)14)11-6-7-15-13(4,5)8-11/h11,14H,6-8H2,1-5H3. The van der Waals surface area contributed by atoms with Gasteiger partial charge in [0.1, 0.15) is 0 Å². The normalized spacial score (nSPS) is 24.7. The van der Waals surface area contributed by atoms with Crippen molar-refractivity contribution < 1.29 is 4.74 Å². The van der Waals surface area contributed by atoms with Gasteiger partial charge in [0.25, 0.3) is 0 Å². The molecule has 0 radical (unpaired) electrons. The lowest BCUT2D eigenvalue weighted by Gasteiger charge is -2.37. The predicted octanol–water partition coefficient (Wildman–Crippen LogP) is 3.57. The fraction of sp³-hybridized carbons (Fsp3) is 0.769. The molecule has 0 aromatic heterocycles. The highest BCUT2D eigenvalue weighted by molar-refractivity contribution is 5.96. The molecular weight excluding hydrogens is 186 g/mol. The maximum absolute atomic E-state index is 7.85. The van der Waals surface area contributed by atoms with Crippen molar-refractivity contribution in [2.24, 2.45) is 5.92 Å². The molecule has 0 saturated carbocycles. The highest BCUT2D eigenvalue weighted by atomic mass is 16.5. The van der Waals surface area contributed by atoms with Gasteiger partial charge in [-0.3, -0.25) is 0 Å². The van der Waals surface area contributed by atoms with Crippen LogP contribution in [0.5, 0.6) is 0 Å². The number of rotatable bonds is 2. The van der Waals surface area contributed by atoms with Crippen LogP contribution in [0.3, 0.4) is 0 Å². The van der Waals surface area contributed by atoms with E-state index in [1.54, 1.807) is 0 Å². The molecule has 1 aliphatic rings. The molecule has 1 N–H and O–H groups in total. The number of nitrogens with one attached hydrogen (secondary N) is 1. The van der Waals surface area contributed by atoms with Gasteiger partial charge in [0.2, 0.25) is 0 Å². The molecule has 86 valence electrons. The van der Waals surface area contributed by atoms with Gasteiger partial charge in [-0.1, -0.05) is 5.57 Å². The van der Waals surface area contributed by atoms with Gasteiger partial charge in [0, 0.05) is 12.3 Å². The molecule has 1 fully saturated rings. The molecule has 1 rings (SSSR count). The lowest BCUT2D eigenvalue weighted by molar-refractivity contribution is -0.0655. The van der Waals surface area contributed by atoms with E-state index in [1.807, 2.05) is 6.92 Å². The van der Waals surface area contributed by atoms with Crippen LogP contribution in [0.15, 0.2) is 11.1 Å². The molecule has 0 aromatic rings. The lowest BCUT2D eigenvalue weighted by atomic mass is 9.80. The number of ether oxygens (including phenoxy) is 1. The minimum atomic E-state index is -0.0287. The molecule has 1 aliphatic heterocycles. The minimum Gasteiger partial charge on any atom is -0.376 e. The van der Waals surface area contributed by atoms with E-state index in [4.69, 9.17) is 10.1 Å². The second-order valence-corrected chi connectivity index (χ2v) is 5.34. The lowest BCUT2D eigenvalue weighted by Crippen LogP contribution is -2.35. The van der Waals surface area contributed by atoms with Gasteiger partial charge in [0.15, 0.2) is 0 Å². The third kappa shape index (κ3) is 3.16.